The second kappa shape index (κ2) is 4.89. The van der Waals surface area contributed by atoms with E-state index in [9.17, 15) is 0 Å². The zero-order valence-electron chi connectivity index (χ0n) is 7.94. The summed E-state index contributed by atoms with van der Waals surface area (Å²) in [7, 11) is 0. The van der Waals surface area contributed by atoms with Gasteiger partial charge in [0.2, 0.25) is 0 Å². The lowest BCUT2D eigenvalue weighted by molar-refractivity contribution is 0.690. The summed E-state index contributed by atoms with van der Waals surface area (Å²) in [6, 6.07) is 13.1. The highest BCUT2D eigenvalue weighted by Crippen LogP contribution is 2.11. The van der Waals surface area contributed by atoms with E-state index in [0.717, 1.165) is 5.69 Å². The van der Waals surface area contributed by atoms with Gasteiger partial charge >= 0.3 is 0 Å². The molecule has 0 aliphatic heterocycles. The number of hydrogen-bond donors (Lipinski definition) is 1. The van der Waals surface area contributed by atoms with Crippen molar-refractivity contribution in [3.63, 3.8) is 0 Å². The average Bonchev–Trinajstić information content (AvgIpc) is 2.26. The SMILES string of the molecule is CC(C#N)C(C#N)Nc1ccccc1. The van der Waals surface area contributed by atoms with Crippen LogP contribution < -0.4 is 5.32 Å². The molecule has 1 rings (SSSR count). The van der Waals surface area contributed by atoms with Crippen LogP contribution in [0.3, 0.4) is 0 Å². The van der Waals surface area contributed by atoms with Gasteiger partial charge in [0, 0.05) is 5.69 Å². The summed E-state index contributed by atoms with van der Waals surface area (Å²) in [5, 5.41) is 20.5. The number of nitrogens with one attached hydrogen (secondary N) is 1. The Labute approximate surface area is 83.6 Å². The minimum absolute atomic E-state index is 0.319. The third-order valence-corrected chi connectivity index (χ3v) is 1.94. The Morgan fingerprint density at radius 1 is 1.14 bits per heavy atom. The Morgan fingerprint density at radius 3 is 2.29 bits per heavy atom. The van der Waals surface area contributed by atoms with Gasteiger partial charge in [-0.1, -0.05) is 18.2 Å². The third kappa shape index (κ3) is 2.50. The maximum Gasteiger partial charge on any atom is 0.130 e. The van der Waals surface area contributed by atoms with Gasteiger partial charge in [-0.15, -0.1) is 0 Å². The monoisotopic (exact) mass is 185 g/mol. The molecular weight excluding hydrogens is 174 g/mol. The molecule has 0 radical (unpaired) electrons. The Bertz CT molecular complexity index is 358. The van der Waals surface area contributed by atoms with Gasteiger partial charge in [0.25, 0.3) is 0 Å². The Hall–Kier alpha value is -2.00. The quantitative estimate of drug-likeness (QED) is 0.784. The molecule has 2 atom stereocenters. The Balaban J connectivity index is 2.69. The molecule has 0 fully saturated rings. The minimum atomic E-state index is -0.456. The molecule has 1 aromatic carbocycles. The summed E-state index contributed by atoms with van der Waals surface area (Å²) in [6.45, 7) is 1.73. The fourth-order valence-corrected chi connectivity index (χ4v) is 1.06. The molecule has 3 heteroatoms. The van der Waals surface area contributed by atoms with E-state index in [-0.39, 0.29) is 5.92 Å². The van der Waals surface area contributed by atoms with Crippen LogP contribution >= 0.6 is 0 Å². The maximum atomic E-state index is 8.83. The molecule has 3 nitrogen and oxygen atoms in total. The minimum Gasteiger partial charge on any atom is -0.369 e. The van der Waals surface area contributed by atoms with Gasteiger partial charge in [0.05, 0.1) is 18.1 Å². The van der Waals surface area contributed by atoms with Crippen LogP contribution in [0, 0.1) is 28.6 Å². The summed E-state index contributed by atoms with van der Waals surface area (Å²) >= 11 is 0. The molecule has 0 aliphatic carbocycles. The van der Waals surface area contributed by atoms with Gasteiger partial charge in [-0.3, -0.25) is 0 Å². The second-order valence-corrected chi connectivity index (χ2v) is 3.03. The highest BCUT2D eigenvalue weighted by atomic mass is 14.9. The molecule has 1 aromatic rings. The van der Waals surface area contributed by atoms with Gasteiger partial charge in [-0.25, -0.2) is 0 Å². The van der Waals surface area contributed by atoms with Crippen LogP contribution in [-0.4, -0.2) is 6.04 Å². The standard InChI is InChI=1S/C11H11N3/c1-9(7-12)11(8-13)14-10-5-3-2-4-6-10/h2-6,9,11,14H,1H3. The second-order valence-electron chi connectivity index (χ2n) is 3.03. The molecule has 0 aromatic heterocycles. The third-order valence-electron chi connectivity index (χ3n) is 1.94. The molecule has 1 N–H and O–H groups in total. The van der Waals surface area contributed by atoms with Crippen molar-refractivity contribution in [1.29, 1.82) is 10.5 Å². The van der Waals surface area contributed by atoms with E-state index >= 15 is 0 Å². The van der Waals surface area contributed by atoms with Crippen LogP contribution in [0.5, 0.6) is 0 Å². The van der Waals surface area contributed by atoms with Gasteiger partial charge < -0.3 is 5.32 Å². The molecule has 0 amide bonds. The number of para-hydroxylation sites is 1. The van der Waals surface area contributed by atoms with E-state index < -0.39 is 6.04 Å². The number of rotatable bonds is 3. The van der Waals surface area contributed by atoms with E-state index in [1.807, 2.05) is 30.3 Å². The van der Waals surface area contributed by atoms with Gasteiger partial charge in [0.1, 0.15) is 6.04 Å². The molecular formula is C11H11N3. The Morgan fingerprint density at radius 2 is 1.79 bits per heavy atom. The molecule has 0 saturated carbocycles. The van der Waals surface area contributed by atoms with E-state index in [2.05, 4.69) is 17.5 Å². The average molecular weight is 185 g/mol. The van der Waals surface area contributed by atoms with E-state index in [1.54, 1.807) is 6.92 Å². The van der Waals surface area contributed by atoms with Crippen molar-refractivity contribution >= 4 is 5.69 Å². The van der Waals surface area contributed by atoms with Crippen molar-refractivity contribution in [1.82, 2.24) is 0 Å². The van der Waals surface area contributed by atoms with Gasteiger partial charge in [-0.2, -0.15) is 10.5 Å². The first-order valence-electron chi connectivity index (χ1n) is 4.38. The summed E-state index contributed by atoms with van der Waals surface area (Å²) in [5.74, 6) is -0.319. The van der Waals surface area contributed by atoms with Crippen molar-refractivity contribution in [3.8, 4) is 12.1 Å². The van der Waals surface area contributed by atoms with Crippen molar-refractivity contribution < 1.29 is 0 Å². The van der Waals surface area contributed by atoms with Crippen molar-refractivity contribution in [2.75, 3.05) is 5.32 Å². The van der Waals surface area contributed by atoms with Crippen LogP contribution in [0.15, 0.2) is 30.3 Å². The van der Waals surface area contributed by atoms with Crippen LogP contribution in [0.25, 0.3) is 0 Å². The number of nitrogens with zero attached hydrogens (tertiary/aromatic N) is 2. The van der Waals surface area contributed by atoms with Crippen LogP contribution in [-0.2, 0) is 0 Å². The van der Waals surface area contributed by atoms with Crippen molar-refractivity contribution in [2.24, 2.45) is 5.92 Å². The Kier molecular flexibility index (Phi) is 3.52. The van der Waals surface area contributed by atoms with Crippen LogP contribution in [0.4, 0.5) is 5.69 Å². The lowest BCUT2D eigenvalue weighted by Gasteiger charge is -2.13. The fraction of sp³-hybridized carbons (Fsp3) is 0.273. The van der Waals surface area contributed by atoms with Gasteiger partial charge in [-0.05, 0) is 19.1 Å². The predicted octanol–water partition coefficient (Wildman–Crippen LogP) is 2.15. The summed E-state index contributed by atoms with van der Waals surface area (Å²) in [5.41, 5.74) is 0.862. The smallest absolute Gasteiger partial charge is 0.130 e. The van der Waals surface area contributed by atoms with Crippen LogP contribution in [0.1, 0.15) is 6.92 Å². The van der Waals surface area contributed by atoms with E-state index in [1.165, 1.54) is 0 Å². The summed E-state index contributed by atoms with van der Waals surface area (Å²) in [4.78, 5) is 0. The van der Waals surface area contributed by atoms with E-state index in [4.69, 9.17) is 10.5 Å². The van der Waals surface area contributed by atoms with E-state index in [0.29, 0.717) is 0 Å². The highest BCUT2D eigenvalue weighted by Gasteiger charge is 2.15. The molecule has 0 heterocycles. The number of nitriles is 2. The first-order valence-corrected chi connectivity index (χ1v) is 4.38. The summed E-state index contributed by atoms with van der Waals surface area (Å²) in [6.07, 6.45) is 0. The molecule has 0 saturated heterocycles. The largest absolute Gasteiger partial charge is 0.369 e. The maximum absolute atomic E-state index is 8.83. The lowest BCUT2D eigenvalue weighted by atomic mass is 10.1. The number of anilines is 1. The first kappa shape index (κ1) is 10.1. The zero-order valence-corrected chi connectivity index (χ0v) is 7.94. The van der Waals surface area contributed by atoms with Crippen molar-refractivity contribution in [2.45, 2.75) is 13.0 Å². The topological polar surface area (TPSA) is 59.6 Å². The highest BCUT2D eigenvalue weighted by molar-refractivity contribution is 5.45. The fourth-order valence-electron chi connectivity index (χ4n) is 1.06. The molecule has 0 spiro atoms. The molecule has 14 heavy (non-hydrogen) atoms. The number of benzene rings is 1. The normalized spacial score (nSPS) is 13.4. The first-order chi connectivity index (χ1) is 6.77. The zero-order chi connectivity index (χ0) is 10.4. The summed E-state index contributed by atoms with van der Waals surface area (Å²) < 4.78 is 0. The van der Waals surface area contributed by atoms with Gasteiger partial charge in [0.15, 0.2) is 0 Å². The molecule has 0 aliphatic rings. The predicted molar refractivity (Wildman–Crippen MR) is 54.2 cm³/mol. The molecule has 2 unspecified atom stereocenters. The van der Waals surface area contributed by atoms with Crippen LogP contribution in [0.2, 0.25) is 0 Å². The van der Waals surface area contributed by atoms with Crippen molar-refractivity contribution in [3.05, 3.63) is 30.3 Å². The molecule has 0 bridgehead atoms. The number of hydrogen-bond acceptors (Lipinski definition) is 3. The molecule has 70 valence electrons. The lowest BCUT2D eigenvalue weighted by Crippen LogP contribution is -2.24.